The van der Waals surface area contributed by atoms with Crippen LogP contribution in [0.15, 0.2) is 0 Å². The molecule has 3 nitrogen and oxygen atoms in total. The molecule has 1 fully saturated rings. The molecule has 1 aliphatic heterocycles. The van der Waals surface area contributed by atoms with Crippen molar-refractivity contribution in [2.75, 3.05) is 19.8 Å². The highest BCUT2D eigenvalue weighted by atomic mass is 16.5. The van der Waals surface area contributed by atoms with Gasteiger partial charge >= 0.3 is 0 Å². The Kier molecular flexibility index (Phi) is 6.32. The summed E-state index contributed by atoms with van der Waals surface area (Å²) in [6.45, 7) is 11.4. The predicted octanol–water partition coefficient (Wildman–Crippen LogP) is 2.20. The van der Waals surface area contributed by atoms with Gasteiger partial charge in [0.1, 0.15) is 0 Å². The smallest absolute Gasteiger partial charge is 0.0831 e. The molecular weight excluding hydrogens is 202 g/mol. The molecule has 3 unspecified atom stereocenters. The van der Waals surface area contributed by atoms with Gasteiger partial charge in [-0.15, -0.1) is 0 Å². The maximum absolute atomic E-state index is 5.80. The molecule has 0 aliphatic carbocycles. The Morgan fingerprint density at radius 3 is 2.62 bits per heavy atom. The molecule has 0 saturated carbocycles. The van der Waals surface area contributed by atoms with Crippen LogP contribution in [-0.2, 0) is 9.47 Å². The van der Waals surface area contributed by atoms with Crippen molar-refractivity contribution in [1.29, 1.82) is 0 Å². The minimum absolute atomic E-state index is 0.323. The molecule has 1 aliphatic rings. The number of hydrogen-bond acceptors (Lipinski definition) is 3. The third kappa shape index (κ3) is 4.81. The topological polar surface area (TPSA) is 30.5 Å². The van der Waals surface area contributed by atoms with E-state index in [9.17, 15) is 0 Å². The number of nitrogens with one attached hydrogen (secondary N) is 1. The van der Waals surface area contributed by atoms with Gasteiger partial charge in [0.2, 0.25) is 0 Å². The van der Waals surface area contributed by atoms with Crippen LogP contribution in [-0.4, -0.2) is 38.0 Å². The van der Waals surface area contributed by atoms with Crippen LogP contribution in [0, 0.1) is 5.92 Å². The first-order chi connectivity index (χ1) is 7.63. The summed E-state index contributed by atoms with van der Waals surface area (Å²) in [4.78, 5) is 0. The number of hydrogen-bond donors (Lipinski definition) is 1. The largest absolute Gasteiger partial charge is 0.379 e. The van der Waals surface area contributed by atoms with Gasteiger partial charge in [0.05, 0.1) is 19.3 Å². The van der Waals surface area contributed by atoms with Crippen LogP contribution in [0.3, 0.4) is 0 Å². The fourth-order valence-electron chi connectivity index (χ4n) is 2.12. The molecule has 0 amide bonds. The fourth-order valence-corrected chi connectivity index (χ4v) is 2.12. The highest BCUT2D eigenvalue weighted by Crippen LogP contribution is 2.10. The molecule has 1 rings (SSSR count). The van der Waals surface area contributed by atoms with Gasteiger partial charge < -0.3 is 14.8 Å². The SMILES string of the molecule is CCC(NC(C)COC1CCOC1)C(C)C. The van der Waals surface area contributed by atoms with Crippen LogP contribution in [0.5, 0.6) is 0 Å². The second kappa shape index (κ2) is 7.25. The monoisotopic (exact) mass is 229 g/mol. The van der Waals surface area contributed by atoms with Crippen molar-refractivity contribution in [1.82, 2.24) is 5.32 Å². The van der Waals surface area contributed by atoms with Crippen molar-refractivity contribution in [3.8, 4) is 0 Å². The lowest BCUT2D eigenvalue weighted by Gasteiger charge is -2.26. The Morgan fingerprint density at radius 2 is 2.12 bits per heavy atom. The van der Waals surface area contributed by atoms with E-state index in [1.807, 2.05) is 0 Å². The molecule has 16 heavy (non-hydrogen) atoms. The first-order valence-corrected chi connectivity index (χ1v) is 6.58. The molecule has 1 saturated heterocycles. The first kappa shape index (κ1) is 13.9. The van der Waals surface area contributed by atoms with Gasteiger partial charge in [-0.25, -0.2) is 0 Å². The summed E-state index contributed by atoms with van der Waals surface area (Å²) in [5.41, 5.74) is 0. The van der Waals surface area contributed by atoms with Gasteiger partial charge in [-0.1, -0.05) is 20.8 Å². The molecule has 0 aromatic rings. The van der Waals surface area contributed by atoms with E-state index in [4.69, 9.17) is 9.47 Å². The molecule has 3 atom stereocenters. The van der Waals surface area contributed by atoms with E-state index in [0.29, 0.717) is 24.1 Å². The van der Waals surface area contributed by atoms with Crippen LogP contribution in [0.1, 0.15) is 40.5 Å². The lowest BCUT2D eigenvalue weighted by atomic mass is 10.0. The van der Waals surface area contributed by atoms with Gasteiger partial charge in [-0.05, 0) is 25.7 Å². The summed E-state index contributed by atoms with van der Waals surface area (Å²) in [5, 5.41) is 3.62. The third-order valence-corrected chi connectivity index (χ3v) is 3.21. The molecule has 96 valence electrons. The number of ether oxygens (including phenoxy) is 2. The fraction of sp³-hybridized carbons (Fsp3) is 1.00. The Balaban J connectivity index is 2.15. The molecule has 0 aromatic carbocycles. The third-order valence-electron chi connectivity index (χ3n) is 3.21. The molecule has 0 bridgehead atoms. The summed E-state index contributed by atoms with van der Waals surface area (Å²) < 4.78 is 11.1. The van der Waals surface area contributed by atoms with Gasteiger partial charge in [-0.3, -0.25) is 0 Å². The minimum Gasteiger partial charge on any atom is -0.379 e. The Hall–Kier alpha value is -0.120. The molecule has 3 heteroatoms. The summed E-state index contributed by atoms with van der Waals surface area (Å²) in [6, 6.07) is 1.02. The van der Waals surface area contributed by atoms with Crippen LogP contribution in [0.25, 0.3) is 0 Å². The second-order valence-corrected chi connectivity index (χ2v) is 5.15. The van der Waals surface area contributed by atoms with Crippen LogP contribution in [0.4, 0.5) is 0 Å². The zero-order valence-corrected chi connectivity index (χ0v) is 11.2. The van der Waals surface area contributed by atoms with Gasteiger partial charge in [-0.2, -0.15) is 0 Å². The Bertz CT molecular complexity index is 179. The van der Waals surface area contributed by atoms with E-state index in [1.54, 1.807) is 0 Å². The van der Waals surface area contributed by atoms with Gasteiger partial charge in [0.25, 0.3) is 0 Å². The van der Waals surface area contributed by atoms with E-state index in [0.717, 1.165) is 26.2 Å². The Morgan fingerprint density at radius 1 is 1.38 bits per heavy atom. The average Bonchev–Trinajstić information content (AvgIpc) is 2.75. The number of rotatable bonds is 7. The summed E-state index contributed by atoms with van der Waals surface area (Å²) in [6.07, 6.45) is 2.55. The van der Waals surface area contributed by atoms with Crippen molar-refractivity contribution in [3.63, 3.8) is 0 Å². The van der Waals surface area contributed by atoms with Crippen molar-refractivity contribution in [3.05, 3.63) is 0 Å². The standard InChI is InChI=1S/C13H27NO2/c1-5-13(10(2)3)14-11(4)8-16-12-6-7-15-9-12/h10-14H,5-9H2,1-4H3. The molecular formula is C13H27NO2. The summed E-state index contributed by atoms with van der Waals surface area (Å²) in [7, 11) is 0. The van der Waals surface area contributed by atoms with Crippen LogP contribution < -0.4 is 5.32 Å². The van der Waals surface area contributed by atoms with Crippen molar-refractivity contribution < 1.29 is 9.47 Å². The van der Waals surface area contributed by atoms with Crippen LogP contribution in [0.2, 0.25) is 0 Å². The molecule has 0 aromatic heterocycles. The van der Waals surface area contributed by atoms with Gasteiger partial charge in [0.15, 0.2) is 0 Å². The average molecular weight is 229 g/mol. The Labute approximate surface area is 99.9 Å². The van der Waals surface area contributed by atoms with Crippen molar-refractivity contribution in [2.45, 2.75) is 58.7 Å². The summed E-state index contributed by atoms with van der Waals surface area (Å²) >= 11 is 0. The zero-order chi connectivity index (χ0) is 12.0. The van der Waals surface area contributed by atoms with E-state index in [2.05, 4.69) is 33.0 Å². The molecule has 1 heterocycles. The highest BCUT2D eigenvalue weighted by molar-refractivity contribution is 4.73. The van der Waals surface area contributed by atoms with E-state index < -0.39 is 0 Å². The van der Waals surface area contributed by atoms with Gasteiger partial charge in [0, 0.05) is 18.7 Å². The quantitative estimate of drug-likeness (QED) is 0.726. The minimum atomic E-state index is 0.323. The zero-order valence-electron chi connectivity index (χ0n) is 11.2. The molecule has 0 spiro atoms. The lowest BCUT2D eigenvalue weighted by Crippen LogP contribution is -2.42. The molecule has 0 radical (unpaired) electrons. The maximum atomic E-state index is 5.80. The maximum Gasteiger partial charge on any atom is 0.0831 e. The molecule has 1 N–H and O–H groups in total. The predicted molar refractivity (Wildman–Crippen MR) is 66.7 cm³/mol. The van der Waals surface area contributed by atoms with Crippen LogP contribution >= 0.6 is 0 Å². The lowest BCUT2D eigenvalue weighted by molar-refractivity contribution is 0.0298. The first-order valence-electron chi connectivity index (χ1n) is 6.58. The summed E-state index contributed by atoms with van der Waals surface area (Å²) in [5.74, 6) is 0.683. The highest BCUT2D eigenvalue weighted by Gasteiger charge is 2.18. The van der Waals surface area contributed by atoms with Crippen molar-refractivity contribution >= 4 is 0 Å². The normalized spacial score (nSPS) is 24.9. The van der Waals surface area contributed by atoms with E-state index in [-0.39, 0.29) is 0 Å². The van der Waals surface area contributed by atoms with E-state index >= 15 is 0 Å². The second-order valence-electron chi connectivity index (χ2n) is 5.15. The van der Waals surface area contributed by atoms with Crippen molar-refractivity contribution in [2.24, 2.45) is 5.92 Å². The van der Waals surface area contributed by atoms with E-state index in [1.165, 1.54) is 6.42 Å².